The zero-order chi connectivity index (χ0) is 13.0. The van der Waals surface area contributed by atoms with Gasteiger partial charge in [0.1, 0.15) is 12.2 Å². The van der Waals surface area contributed by atoms with Gasteiger partial charge in [0.05, 0.1) is 5.02 Å². The molecule has 17 heavy (non-hydrogen) atoms. The number of hydrogen-bond acceptors (Lipinski definition) is 2. The van der Waals surface area contributed by atoms with Gasteiger partial charge in [-0.1, -0.05) is 25.4 Å². The quantitative estimate of drug-likeness (QED) is 0.847. The molecule has 0 bridgehead atoms. The van der Waals surface area contributed by atoms with Crippen LogP contribution in [0.3, 0.4) is 0 Å². The Hall–Kier alpha value is -1.49. The lowest BCUT2D eigenvalue weighted by atomic mass is 10.2. The average molecular weight is 259 g/mol. The Kier molecular flexibility index (Phi) is 4.57. The second kappa shape index (κ2) is 5.72. The third kappa shape index (κ3) is 4.11. The fraction of sp³-hybridized carbons (Fsp3) is 0.455. The Bertz CT molecular complexity index is 415. The van der Waals surface area contributed by atoms with E-state index < -0.39 is 5.97 Å². The summed E-state index contributed by atoms with van der Waals surface area (Å²) in [6.45, 7) is 3.92. The molecule has 0 saturated carbocycles. The van der Waals surface area contributed by atoms with E-state index in [0.29, 0.717) is 17.3 Å². The molecule has 1 heterocycles. The minimum absolute atomic E-state index is 0.198. The van der Waals surface area contributed by atoms with Crippen molar-refractivity contribution in [1.29, 1.82) is 0 Å². The summed E-state index contributed by atoms with van der Waals surface area (Å²) >= 11 is 5.70. The summed E-state index contributed by atoms with van der Waals surface area (Å²) < 4.78 is 0. The number of amides is 1. The van der Waals surface area contributed by atoms with Crippen LogP contribution < -0.4 is 0 Å². The lowest BCUT2D eigenvalue weighted by molar-refractivity contribution is -0.137. The predicted octanol–water partition coefficient (Wildman–Crippen LogP) is 1.85. The van der Waals surface area contributed by atoms with Crippen molar-refractivity contribution in [2.75, 3.05) is 13.1 Å². The van der Waals surface area contributed by atoms with E-state index in [0.717, 1.165) is 0 Å². The summed E-state index contributed by atoms with van der Waals surface area (Å²) in [5, 5.41) is 9.19. The van der Waals surface area contributed by atoms with Crippen LogP contribution in [-0.4, -0.2) is 40.0 Å². The van der Waals surface area contributed by atoms with Crippen molar-refractivity contribution in [3.8, 4) is 0 Å². The molecule has 2 N–H and O–H groups in total. The number of aromatic amines is 1. The SMILES string of the molecule is CC(C)CN(CC(=O)O)C(=O)c1cc(Cl)c[nH]1. The van der Waals surface area contributed by atoms with Crippen molar-refractivity contribution < 1.29 is 14.7 Å². The molecule has 0 aliphatic heterocycles. The third-order valence-corrected chi connectivity index (χ3v) is 2.30. The van der Waals surface area contributed by atoms with E-state index in [1.165, 1.54) is 17.2 Å². The maximum Gasteiger partial charge on any atom is 0.323 e. The van der Waals surface area contributed by atoms with Crippen LogP contribution in [0.5, 0.6) is 0 Å². The Morgan fingerprint density at radius 1 is 1.53 bits per heavy atom. The number of hydrogen-bond donors (Lipinski definition) is 2. The molecule has 94 valence electrons. The van der Waals surface area contributed by atoms with Crippen LogP contribution >= 0.6 is 11.6 Å². The number of halogens is 1. The molecule has 0 spiro atoms. The molecule has 0 aliphatic carbocycles. The van der Waals surface area contributed by atoms with Crippen LogP contribution in [-0.2, 0) is 4.79 Å². The van der Waals surface area contributed by atoms with E-state index in [4.69, 9.17) is 16.7 Å². The van der Waals surface area contributed by atoms with Gasteiger partial charge >= 0.3 is 5.97 Å². The molecule has 0 saturated heterocycles. The molecule has 0 unspecified atom stereocenters. The summed E-state index contributed by atoms with van der Waals surface area (Å²) in [5.41, 5.74) is 0.303. The molecule has 0 fully saturated rings. The Balaban J connectivity index is 2.82. The normalized spacial score (nSPS) is 10.6. The standard InChI is InChI=1S/C11H15ClN2O3/c1-7(2)5-14(6-10(15)16)11(17)9-3-8(12)4-13-9/h3-4,7,13H,5-6H2,1-2H3,(H,15,16). The predicted molar refractivity (Wildman–Crippen MR) is 64.2 cm³/mol. The average Bonchev–Trinajstić information content (AvgIpc) is 2.61. The lowest BCUT2D eigenvalue weighted by Gasteiger charge is -2.21. The monoisotopic (exact) mass is 258 g/mol. The van der Waals surface area contributed by atoms with Gasteiger partial charge in [0.15, 0.2) is 0 Å². The molecule has 5 nitrogen and oxygen atoms in total. The van der Waals surface area contributed by atoms with E-state index in [-0.39, 0.29) is 18.4 Å². The number of nitrogens with one attached hydrogen (secondary N) is 1. The number of carboxylic acids is 1. The zero-order valence-electron chi connectivity index (χ0n) is 9.74. The summed E-state index contributed by atoms with van der Waals surface area (Å²) in [6.07, 6.45) is 1.49. The number of aromatic nitrogens is 1. The maximum atomic E-state index is 12.0. The Morgan fingerprint density at radius 3 is 2.59 bits per heavy atom. The van der Waals surface area contributed by atoms with Gasteiger partial charge in [-0.3, -0.25) is 9.59 Å². The van der Waals surface area contributed by atoms with Gasteiger partial charge in [-0.15, -0.1) is 0 Å². The third-order valence-electron chi connectivity index (χ3n) is 2.08. The number of carbonyl (C=O) groups excluding carboxylic acids is 1. The molecule has 1 aromatic rings. The second-order valence-electron chi connectivity index (χ2n) is 4.20. The minimum atomic E-state index is -1.03. The van der Waals surface area contributed by atoms with Crippen LogP contribution in [0.15, 0.2) is 12.3 Å². The second-order valence-corrected chi connectivity index (χ2v) is 4.64. The fourth-order valence-electron chi connectivity index (χ4n) is 1.49. The molecule has 1 rings (SSSR count). The van der Waals surface area contributed by atoms with E-state index in [9.17, 15) is 9.59 Å². The van der Waals surface area contributed by atoms with Gasteiger partial charge in [0.2, 0.25) is 0 Å². The summed E-state index contributed by atoms with van der Waals surface area (Å²) in [7, 11) is 0. The number of H-pyrrole nitrogens is 1. The minimum Gasteiger partial charge on any atom is -0.480 e. The Labute approximate surface area is 104 Å². The van der Waals surface area contributed by atoms with Crippen molar-refractivity contribution in [1.82, 2.24) is 9.88 Å². The van der Waals surface area contributed by atoms with Crippen molar-refractivity contribution in [2.24, 2.45) is 5.92 Å². The smallest absolute Gasteiger partial charge is 0.323 e. The van der Waals surface area contributed by atoms with Gasteiger partial charge in [0, 0.05) is 12.7 Å². The van der Waals surface area contributed by atoms with Crippen LogP contribution in [0.1, 0.15) is 24.3 Å². The van der Waals surface area contributed by atoms with Gasteiger partial charge in [-0.2, -0.15) is 0 Å². The first-order valence-corrected chi connectivity index (χ1v) is 5.63. The summed E-state index contributed by atoms with van der Waals surface area (Å²) in [6, 6.07) is 1.49. The lowest BCUT2D eigenvalue weighted by Crippen LogP contribution is -2.38. The van der Waals surface area contributed by atoms with Crippen molar-refractivity contribution in [3.05, 3.63) is 23.0 Å². The molecule has 6 heteroatoms. The van der Waals surface area contributed by atoms with Crippen LogP contribution in [0, 0.1) is 5.92 Å². The van der Waals surface area contributed by atoms with Gasteiger partial charge in [-0.05, 0) is 12.0 Å². The summed E-state index contributed by atoms with van der Waals surface area (Å²) in [5.74, 6) is -1.19. The van der Waals surface area contributed by atoms with E-state index >= 15 is 0 Å². The van der Waals surface area contributed by atoms with Gasteiger partial charge < -0.3 is 15.0 Å². The molecule has 0 radical (unpaired) electrons. The largest absolute Gasteiger partial charge is 0.480 e. The molecular weight excluding hydrogens is 244 g/mol. The molecule has 0 aliphatic rings. The van der Waals surface area contributed by atoms with Gasteiger partial charge in [-0.25, -0.2) is 0 Å². The van der Waals surface area contributed by atoms with Crippen molar-refractivity contribution in [3.63, 3.8) is 0 Å². The molecule has 1 aromatic heterocycles. The number of rotatable bonds is 5. The maximum absolute atomic E-state index is 12.0. The number of carbonyl (C=O) groups is 2. The number of nitrogens with zero attached hydrogens (tertiary/aromatic N) is 1. The Morgan fingerprint density at radius 2 is 2.18 bits per heavy atom. The van der Waals surface area contributed by atoms with E-state index in [1.54, 1.807) is 0 Å². The first-order chi connectivity index (χ1) is 7.90. The highest BCUT2D eigenvalue weighted by Gasteiger charge is 2.20. The molecule has 0 aromatic carbocycles. The van der Waals surface area contributed by atoms with Crippen LogP contribution in [0.25, 0.3) is 0 Å². The highest BCUT2D eigenvalue weighted by molar-refractivity contribution is 6.30. The molecular formula is C11H15ClN2O3. The van der Waals surface area contributed by atoms with E-state index in [1.807, 2.05) is 13.8 Å². The van der Waals surface area contributed by atoms with Crippen LogP contribution in [0.2, 0.25) is 5.02 Å². The van der Waals surface area contributed by atoms with Gasteiger partial charge in [0.25, 0.3) is 5.91 Å². The number of aliphatic carboxylic acids is 1. The van der Waals surface area contributed by atoms with E-state index in [2.05, 4.69) is 4.98 Å². The first-order valence-electron chi connectivity index (χ1n) is 5.25. The molecule has 0 atom stereocenters. The summed E-state index contributed by atoms with van der Waals surface area (Å²) in [4.78, 5) is 26.7. The fourth-order valence-corrected chi connectivity index (χ4v) is 1.65. The van der Waals surface area contributed by atoms with Crippen molar-refractivity contribution >= 4 is 23.5 Å². The first kappa shape index (κ1) is 13.6. The van der Waals surface area contributed by atoms with Crippen molar-refractivity contribution in [2.45, 2.75) is 13.8 Å². The number of carboxylic acid groups (broad SMARTS) is 1. The topological polar surface area (TPSA) is 73.4 Å². The highest BCUT2D eigenvalue weighted by Crippen LogP contribution is 2.12. The zero-order valence-corrected chi connectivity index (χ0v) is 10.5. The highest BCUT2D eigenvalue weighted by atomic mass is 35.5. The van der Waals surface area contributed by atoms with Crippen LogP contribution in [0.4, 0.5) is 0 Å². The molecule has 1 amide bonds.